The van der Waals surface area contributed by atoms with Crippen molar-refractivity contribution in [2.75, 3.05) is 0 Å². The molecule has 100 valence electrons. The summed E-state index contributed by atoms with van der Waals surface area (Å²) in [4.78, 5) is 0. The molecule has 2 heteroatoms. The molecule has 0 radical (unpaired) electrons. The zero-order chi connectivity index (χ0) is 13.9. The summed E-state index contributed by atoms with van der Waals surface area (Å²) < 4.78 is 0. The maximum Gasteiger partial charge on any atom is 0.0551 e. The third kappa shape index (κ3) is 2.44. The second-order valence-electron chi connectivity index (χ2n) is 5.03. The molecule has 0 fully saturated rings. The topological polar surface area (TPSA) is 52.0 Å². The molecule has 2 nitrogen and oxygen atoms in total. The van der Waals surface area contributed by atoms with Crippen LogP contribution in [-0.4, -0.2) is 0 Å². The average Bonchev–Trinajstić information content (AvgIpc) is 2.53. The summed E-state index contributed by atoms with van der Waals surface area (Å²) in [5.41, 5.74) is 15.4. The Morgan fingerprint density at radius 3 is 2.30 bits per heavy atom. The maximum atomic E-state index is 6.39. The van der Waals surface area contributed by atoms with Crippen LogP contribution in [0, 0.1) is 0 Å². The van der Waals surface area contributed by atoms with Crippen molar-refractivity contribution in [2.24, 2.45) is 11.5 Å². The molecule has 3 aromatic rings. The molecular weight excluding hydrogens is 244 g/mol. The Balaban J connectivity index is 2.00. The first kappa shape index (κ1) is 12.9. The van der Waals surface area contributed by atoms with Crippen molar-refractivity contribution in [3.05, 3.63) is 83.4 Å². The van der Waals surface area contributed by atoms with Crippen molar-refractivity contribution in [3.63, 3.8) is 0 Å². The van der Waals surface area contributed by atoms with Crippen molar-refractivity contribution in [1.82, 2.24) is 0 Å². The van der Waals surface area contributed by atoms with Crippen LogP contribution in [0.15, 0.2) is 66.7 Å². The number of fused-ring (bicyclic) bond motifs is 1. The minimum Gasteiger partial charge on any atom is -0.326 e. The molecule has 3 aromatic carbocycles. The zero-order valence-electron chi connectivity index (χ0n) is 11.3. The highest BCUT2D eigenvalue weighted by molar-refractivity contribution is 5.83. The van der Waals surface area contributed by atoms with Gasteiger partial charge >= 0.3 is 0 Å². The van der Waals surface area contributed by atoms with Crippen molar-refractivity contribution >= 4 is 10.8 Å². The second kappa shape index (κ2) is 5.45. The van der Waals surface area contributed by atoms with Gasteiger partial charge in [0.05, 0.1) is 6.04 Å². The number of hydrogen-bond acceptors (Lipinski definition) is 2. The summed E-state index contributed by atoms with van der Waals surface area (Å²) in [5.74, 6) is 0. The van der Waals surface area contributed by atoms with E-state index in [1.165, 1.54) is 10.8 Å². The fourth-order valence-corrected chi connectivity index (χ4v) is 2.51. The summed E-state index contributed by atoms with van der Waals surface area (Å²) in [6.07, 6.45) is 0. The Morgan fingerprint density at radius 2 is 1.50 bits per heavy atom. The lowest BCUT2D eigenvalue weighted by atomic mass is 9.96. The molecule has 0 amide bonds. The lowest BCUT2D eigenvalue weighted by molar-refractivity contribution is 0.868. The molecule has 0 heterocycles. The van der Waals surface area contributed by atoms with Gasteiger partial charge in [-0.2, -0.15) is 0 Å². The lowest BCUT2D eigenvalue weighted by Crippen LogP contribution is -2.12. The van der Waals surface area contributed by atoms with Gasteiger partial charge in [-0.25, -0.2) is 0 Å². The van der Waals surface area contributed by atoms with Gasteiger partial charge in [-0.05, 0) is 33.5 Å². The Morgan fingerprint density at radius 1 is 0.750 bits per heavy atom. The Hall–Kier alpha value is -2.16. The first-order valence-corrected chi connectivity index (χ1v) is 6.81. The number of rotatable bonds is 3. The van der Waals surface area contributed by atoms with Crippen molar-refractivity contribution in [3.8, 4) is 0 Å². The maximum absolute atomic E-state index is 6.39. The van der Waals surface area contributed by atoms with Gasteiger partial charge in [0.1, 0.15) is 0 Å². The summed E-state index contributed by atoms with van der Waals surface area (Å²) in [6, 6.07) is 22.8. The van der Waals surface area contributed by atoms with Crippen LogP contribution in [0.1, 0.15) is 22.7 Å². The first-order valence-electron chi connectivity index (χ1n) is 6.81. The minimum atomic E-state index is -0.119. The second-order valence-corrected chi connectivity index (χ2v) is 5.03. The van der Waals surface area contributed by atoms with E-state index < -0.39 is 0 Å². The van der Waals surface area contributed by atoms with Crippen LogP contribution in [-0.2, 0) is 6.54 Å². The zero-order valence-corrected chi connectivity index (χ0v) is 11.3. The molecule has 3 rings (SSSR count). The van der Waals surface area contributed by atoms with Crippen LogP contribution in [0.2, 0.25) is 0 Å². The lowest BCUT2D eigenvalue weighted by Gasteiger charge is -2.14. The minimum absolute atomic E-state index is 0.119. The van der Waals surface area contributed by atoms with Crippen molar-refractivity contribution < 1.29 is 0 Å². The molecule has 0 aliphatic carbocycles. The van der Waals surface area contributed by atoms with Gasteiger partial charge < -0.3 is 11.5 Å². The molecule has 20 heavy (non-hydrogen) atoms. The first-order chi connectivity index (χ1) is 9.78. The number of nitrogens with two attached hydrogens (primary N) is 2. The van der Waals surface area contributed by atoms with Crippen LogP contribution >= 0.6 is 0 Å². The van der Waals surface area contributed by atoms with Crippen LogP contribution < -0.4 is 11.5 Å². The van der Waals surface area contributed by atoms with Gasteiger partial charge in [0.25, 0.3) is 0 Å². The predicted molar refractivity (Wildman–Crippen MR) is 84.3 cm³/mol. The fourth-order valence-electron chi connectivity index (χ4n) is 2.51. The van der Waals surface area contributed by atoms with Crippen LogP contribution in [0.5, 0.6) is 0 Å². The predicted octanol–water partition coefficient (Wildman–Crippen LogP) is 3.35. The standard InChI is InChI=1S/C18H18N2/c19-12-13-4-3-7-16(10-13)18(20)17-9-8-14-5-1-2-6-15(14)11-17/h1-11,18H,12,19-20H2. The molecule has 0 saturated heterocycles. The van der Waals surface area contributed by atoms with E-state index in [4.69, 9.17) is 11.5 Å². The molecule has 1 atom stereocenters. The summed E-state index contributed by atoms with van der Waals surface area (Å²) in [6.45, 7) is 0.540. The normalized spacial score (nSPS) is 12.5. The van der Waals surface area contributed by atoms with E-state index in [1.807, 2.05) is 24.3 Å². The summed E-state index contributed by atoms with van der Waals surface area (Å²) >= 11 is 0. The van der Waals surface area contributed by atoms with E-state index in [1.54, 1.807) is 0 Å². The Bertz CT molecular complexity index is 734. The van der Waals surface area contributed by atoms with Crippen molar-refractivity contribution in [2.45, 2.75) is 12.6 Å². The molecule has 0 aromatic heterocycles. The number of hydrogen-bond donors (Lipinski definition) is 2. The van der Waals surface area contributed by atoms with Gasteiger partial charge in [-0.1, -0.05) is 60.7 Å². The molecule has 0 aliphatic heterocycles. The van der Waals surface area contributed by atoms with E-state index in [2.05, 4.69) is 42.5 Å². The Kier molecular flexibility index (Phi) is 3.50. The van der Waals surface area contributed by atoms with Crippen LogP contribution in [0.3, 0.4) is 0 Å². The highest BCUT2D eigenvalue weighted by atomic mass is 14.6. The van der Waals surface area contributed by atoms with E-state index in [0.717, 1.165) is 16.7 Å². The monoisotopic (exact) mass is 262 g/mol. The third-order valence-corrected chi connectivity index (χ3v) is 3.68. The highest BCUT2D eigenvalue weighted by Crippen LogP contribution is 2.24. The third-order valence-electron chi connectivity index (χ3n) is 3.68. The van der Waals surface area contributed by atoms with Gasteiger partial charge in [0.15, 0.2) is 0 Å². The van der Waals surface area contributed by atoms with Gasteiger partial charge in [0, 0.05) is 6.54 Å². The molecule has 0 bridgehead atoms. The van der Waals surface area contributed by atoms with E-state index in [-0.39, 0.29) is 6.04 Å². The van der Waals surface area contributed by atoms with Gasteiger partial charge in [-0.3, -0.25) is 0 Å². The summed E-state index contributed by atoms with van der Waals surface area (Å²) in [7, 11) is 0. The van der Waals surface area contributed by atoms with E-state index >= 15 is 0 Å². The molecule has 1 unspecified atom stereocenters. The molecule has 0 aliphatic rings. The highest BCUT2D eigenvalue weighted by Gasteiger charge is 2.09. The summed E-state index contributed by atoms with van der Waals surface area (Å²) in [5, 5.41) is 2.45. The molecule has 0 spiro atoms. The Labute approximate surface area is 119 Å². The average molecular weight is 262 g/mol. The fraction of sp³-hybridized carbons (Fsp3) is 0.111. The van der Waals surface area contributed by atoms with Crippen LogP contribution in [0.4, 0.5) is 0 Å². The quantitative estimate of drug-likeness (QED) is 0.760. The SMILES string of the molecule is NCc1cccc(C(N)c2ccc3ccccc3c2)c1. The number of benzene rings is 3. The van der Waals surface area contributed by atoms with E-state index in [9.17, 15) is 0 Å². The smallest absolute Gasteiger partial charge is 0.0551 e. The molecular formula is C18H18N2. The molecule has 0 saturated carbocycles. The largest absolute Gasteiger partial charge is 0.326 e. The van der Waals surface area contributed by atoms with E-state index in [0.29, 0.717) is 6.54 Å². The van der Waals surface area contributed by atoms with Gasteiger partial charge in [0.2, 0.25) is 0 Å². The van der Waals surface area contributed by atoms with Crippen LogP contribution in [0.25, 0.3) is 10.8 Å². The molecule has 4 N–H and O–H groups in total. The van der Waals surface area contributed by atoms with Gasteiger partial charge in [-0.15, -0.1) is 0 Å². The van der Waals surface area contributed by atoms with Crippen molar-refractivity contribution in [1.29, 1.82) is 0 Å².